The van der Waals surface area contributed by atoms with Gasteiger partial charge in [-0.2, -0.15) is 0 Å². The predicted molar refractivity (Wildman–Crippen MR) is 65.0 cm³/mol. The molecule has 0 aliphatic carbocycles. The number of nitrogens with two attached hydrogens (primary N) is 1. The van der Waals surface area contributed by atoms with Gasteiger partial charge in [-0.15, -0.1) is 0 Å². The van der Waals surface area contributed by atoms with Crippen LogP contribution in [-0.4, -0.2) is 0 Å². The maximum Gasteiger partial charge on any atom is 0.132 e. The Kier molecular flexibility index (Phi) is 3.10. The van der Waals surface area contributed by atoms with Gasteiger partial charge in [0.15, 0.2) is 0 Å². The molecule has 0 atom stereocenters. The molecule has 2 N–H and O–H groups in total. The first kappa shape index (κ1) is 11.0. The quantitative estimate of drug-likeness (QED) is 0.846. The van der Waals surface area contributed by atoms with Crippen LogP contribution in [0.15, 0.2) is 46.9 Å². The van der Waals surface area contributed by atoms with E-state index in [9.17, 15) is 4.39 Å². The molecule has 16 heavy (non-hydrogen) atoms. The fourth-order valence-corrected chi connectivity index (χ4v) is 1.55. The number of hydrogen-bond donors (Lipinski definition) is 1. The normalized spacial score (nSPS) is 10.1. The molecule has 2 aromatic carbocycles. The van der Waals surface area contributed by atoms with Gasteiger partial charge in [0.1, 0.15) is 17.3 Å². The van der Waals surface area contributed by atoms with Crippen LogP contribution in [0.2, 0.25) is 0 Å². The molecule has 0 aromatic heterocycles. The largest absolute Gasteiger partial charge is 0.457 e. The molecule has 2 rings (SSSR count). The van der Waals surface area contributed by atoms with Crippen LogP contribution in [0, 0.1) is 5.82 Å². The summed E-state index contributed by atoms with van der Waals surface area (Å²) in [5.41, 5.74) is 5.85. The summed E-state index contributed by atoms with van der Waals surface area (Å²) in [6.07, 6.45) is 0. The molecular formula is C12H9BrFNO. The first-order valence-corrected chi connectivity index (χ1v) is 5.42. The second-order valence-electron chi connectivity index (χ2n) is 3.28. The summed E-state index contributed by atoms with van der Waals surface area (Å²) >= 11 is 3.32. The topological polar surface area (TPSA) is 35.2 Å². The van der Waals surface area contributed by atoms with Crippen LogP contribution in [-0.2, 0) is 0 Å². The van der Waals surface area contributed by atoms with Crippen LogP contribution in [0.1, 0.15) is 0 Å². The minimum atomic E-state index is -0.410. The minimum absolute atomic E-state index is 0.340. The van der Waals surface area contributed by atoms with E-state index in [0.29, 0.717) is 17.2 Å². The monoisotopic (exact) mass is 281 g/mol. The van der Waals surface area contributed by atoms with Gasteiger partial charge in [-0.3, -0.25) is 0 Å². The summed E-state index contributed by atoms with van der Waals surface area (Å²) in [5.74, 6) is 0.611. The lowest BCUT2D eigenvalue weighted by Gasteiger charge is -2.06. The zero-order chi connectivity index (χ0) is 11.5. The molecule has 0 radical (unpaired) electrons. The lowest BCUT2D eigenvalue weighted by molar-refractivity contribution is 0.477. The lowest BCUT2D eigenvalue weighted by atomic mass is 10.3. The smallest absolute Gasteiger partial charge is 0.132 e. The van der Waals surface area contributed by atoms with E-state index in [0.717, 1.165) is 4.47 Å². The van der Waals surface area contributed by atoms with Gasteiger partial charge in [-0.1, -0.05) is 15.9 Å². The van der Waals surface area contributed by atoms with E-state index >= 15 is 0 Å². The third kappa shape index (κ3) is 2.73. The van der Waals surface area contributed by atoms with E-state index in [1.54, 1.807) is 18.2 Å². The van der Waals surface area contributed by atoms with Crippen LogP contribution in [0.5, 0.6) is 11.5 Å². The predicted octanol–water partition coefficient (Wildman–Crippen LogP) is 3.96. The van der Waals surface area contributed by atoms with E-state index < -0.39 is 5.82 Å². The lowest BCUT2D eigenvalue weighted by Crippen LogP contribution is -1.90. The number of nitrogen functional groups attached to an aromatic ring is 1. The first-order chi connectivity index (χ1) is 7.63. The third-order valence-electron chi connectivity index (χ3n) is 1.94. The Hall–Kier alpha value is -1.55. The number of benzene rings is 2. The number of rotatable bonds is 2. The van der Waals surface area contributed by atoms with E-state index in [-0.39, 0.29) is 0 Å². The molecule has 0 amide bonds. The Labute approximate surface area is 101 Å². The highest BCUT2D eigenvalue weighted by atomic mass is 79.9. The minimum Gasteiger partial charge on any atom is -0.457 e. The van der Waals surface area contributed by atoms with Gasteiger partial charge in [0, 0.05) is 22.3 Å². The second-order valence-corrected chi connectivity index (χ2v) is 4.19. The summed E-state index contributed by atoms with van der Waals surface area (Å²) in [7, 11) is 0. The summed E-state index contributed by atoms with van der Waals surface area (Å²) in [6, 6.07) is 11.4. The molecule has 2 aromatic rings. The molecule has 2 nitrogen and oxygen atoms in total. The fraction of sp³-hybridized carbons (Fsp3) is 0. The van der Waals surface area contributed by atoms with Crippen molar-refractivity contribution in [3.05, 3.63) is 52.8 Å². The van der Waals surface area contributed by atoms with E-state index in [1.807, 2.05) is 12.1 Å². The fourth-order valence-electron chi connectivity index (χ4n) is 1.28. The van der Waals surface area contributed by atoms with Gasteiger partial charge in [-0.25, -0.2) is 4.39 Å². The van der Waals surface area contributed by atoms with Crippen molar-refractivity contribution in [1.82, 2.24) is 0 Å². The molecule has 0 saturated carbocycles. The highest BCUT2D eigenvalue weighted by molar-refractivity contribution is 9.10. The van der Waals surface area contributed by atoms with Crippen molar-refractivity contribution in [3.63, 3.8) is 0 Å². The first-order valence-electron chi connectivity index (χ1n) is 4.63. The van der Waals surface area contributed by atoms with Crippen LogP contribution in [0.3, 0.4) is 0 Å². The summed E-state index contributed by atoms with van der Waals surface area (Å²) in [4.78, 5) is 0. The Morgan fingerprint density at radius 3 is 2.31 bits per heavy atom. The summed E-state index contributed by atoms with van der Waals surface area (Å²) in [6.45, 7) is 0. The van der Waals surface area contributed by atoms with Crippen LogP contribution < -0.4 is 10.5 Å². The number of halogens is 2. The SMILES string of the molecule is Nc1cc(F)cc(Oc2ccc(Br)cc2)c1. The molecule has 0 heterocycles. The Morgan fingerprint density at radius 1 is 1.00 bits per heavy atom. The van der Waals surface area contributed by atoms with Gasteiger partial charge in [0.25, 0.3) is 0 Å². The maximum absolute atomic E-state index is 13.0. The number of anilines is 1. The molecule has 0 fully saturated rings. The molecule has 0 spiro atoms. The Bertz CT molecular complexity index is 479. The maximum atomic E-state index is 13.0. The molecule has 0 saturated heterocycles. The van der Waals surface area contributed by atoms with Gasteiger partial charge in [0.2, 0.25) is 0 Å². The van der Waals surface area contributed by atoms with Gasteiger partial charge >= 0.3 is 0 Å². The molecule has 82 valence electrons. The Balaban J connectivity index is 2.23. The van der Waals surface area contributed by atoms with Gasteiger partial charge in [0.05, 0.1) is 0 Å². The molecule has 4 heteroatoms. The zero-order valence-corrected chi connectivity index (χ0v) is 9.87. The van der Waals surface area contributed by atoms with Crippen LogP contribution in [0.4, 0.5) is 10.1 Å². The van der Waals surface area contributed by atoms with Gasteiger partial charge < -0.3 is 10.5 Å². The summed E-state index contributed by atoms with van der Waals surface area (Å²) in [5, 5.41) is 0. The van der Waals surface area contributed by atoms with E-state index in [2.05, 4.69) is 15.9 Å². The van der Waals surface area contributed by atoms with Gasteiger partial charge in [-0.05, 0) is 30.3 Å². The summed E-state index contributed by atoms with van der Waals surface area (Å²) < 4.78 is 19.4. The molecule has 0 aliphatic heterocycles. The van der Waals surface area contributed by atoms with Crippen molar-refractivity contribution >= 4 is 21.6 Å². The standard InChI is InChI=1S/C12H9BrFNO/c13-8-1-3-11(4-2-8)16-12-6-9(14)5-10(15)7-12/h1-7H,15H2. The average molecular weight is 282 g/mol. The highest BCUT2D eigenvalue weighted by Crippen LogP contribution is 2.25. The highest BCUT2D eigenvalue weighted by Gasteiger charge is 2.01. The van der Waals surface area contributed by atoms with Crippen molar-refractivity contribution in [2.45, 2.75) is 0 Å². The van der Waals surface area contributed by atoms with Crippen LogP contribution in [0.25, 0.3) is 0 Å². The molecule has 0 bridgehead atoms. The zero-order valence-electron chi connectivity index (χ0n) is 8.28. The Morgan fingerprint density at radius 2 is 1.69 bits per heavy atom. The number of hydrogen-bond acceptors (Lipinski definition) is 2. The second kappa shape index (κ2) is 4.53. The number of ether oxygens (including phenoxy) is 1. The van der Waals surface area contributed by atoms with E-state index in [1.165, 1.54) is 12.1 Å². The molecular weight excluding hydrogens is 273 g/mol. The van der Waals surface area contributed by atoms with Crippen molar-refractivity contribution in [2.75, 3.05) is 5.73 Å². The van der Waals surface area contributed by atoms with Crippen LogP contribution >= 0.6 is 15.9 Å². The van der Waals surface area contributed by atoms with Crippen molar-refractivity contribution in [2.24, 2.45) is 0 Å². The molecule has 0 unspecified atom stereocenters. The average Bonchev–Trinajstić information content (AvgIpc) is 2.20. The van der Waals surface area contributed by atoms with Crippen molar-refractivity contribution < 1.29 is 9.13 Å². The molecule has 0 aliphatic rings. The van der Waals surface area contributed by atoms with E-state index in [4.69, 9.17) is 10.5 Å². The van der Waals surface area contributed by atoms with Crippen molar-refractivity contribution in [1.29, 1.82) is 0 Å². The van der Waals surface area contributed by atoms with Crippen molar-refractivity contribution in [3.8, 4) is 11.5 Å². The third-order valence-corrected chi connectivity index (χ3v) is 2.47.